The number of aromatic nitrogens is 4. The van der Waals surface area contributed by atoms with Crippen LogP contribution >= 0.6 is 11.5 Å². The molecule has 0 aliphatic heterocycles. The predicted molar refractivity (Wildman–Crippen MR) is 86.5 cm³/mol. The van der Waals surface area contributed by atoms with E-state index in [4.69, 9.17) is 0 Å². The molecule has 0 aromatic carbocycles. The van der Waals surface area contributed by atoms with E-state index in [2.05, 4.69) is 40.0 Å². The molecule has 5 nitrogen and oxygen atoms in total. The van der Waals surface area contributed by atoms with Crippen LogP contribution < -0.4 is 5.32 Å². The van der Waals surface area contributed by atoms with Crippen molar-refractivity contribution in [3.63, 3.8) is 0 Å². The van der Waals surface area contributed by atoms with Gasteiger partial charge in [0.1, 0.15) is 0 Å². The highest BCUT2D eigenvalue weighted by Crippen LogP contribution is 2.25. The molecule has 2 aromatic heterocycles. The van der Waals surface area contributed by atoms with Gasteiger partial charge in [0.2, 0.25) is 0 Å². The first kappa shape index (κ1) is 16.1. The Morgan fingerprint density at radius 2 is 2.14 bits per heavy atom. The second-order valence-electron chi connectivity index (χ2n) is 5.40. The fraction of sp³-hybridized carbons (Fsp3) is 0.667. The lowest BCUT2D eigenvalue weighted by Gasteiger charge is -2.17. The lowest BCUT2D eigenvalue weighted by atomic mass is 10.0. The molecule has 0 aliphatic carbocycles. The van der Waals surface area contributed by atoms with Crippen LogP contribution in [0.15, 0.2) is 12.4 Å². The van der Waals surface area contributed by atoms with E-state index in [1.807, 2.05) is 17.9 Å². The number of rotatable bonds is 9. The zero-order valence-electron chi connectivity index (χ0n) is 13.2. The summed E-state index contributed by atoms with van der Waals surface area (Å²) in [6.45, 7) is 5.41. The first-order valence-corrected chi connectivity index (χ1v) is 8.54. The summed E-state index contributed by atoms with van der Waals surface area (Å²) in [5.74, 6) is 0. The van der Waals surface area contributed by atoms with Crippen LogP contribution in [-0.4, -0.2) is 25.9 Å². The van der Waals surface area contributed by atoms with Crippen molar-refractivity contribution in [3.8, 4) is 0 Å². The molecule has 1 atom stereocenters. The van der Waals surface area contributed by atoms with Crippen LogP contribution in [0.2, 0.25) is 0 Å². The summed E-state index contributed by atoms with van der Waals surface area (Å²) in [4.78, 5) is 1.31. The summed E-state index contributed by atoms with van der Waals surface area (Å²) < 4.78 is 6.03. The number of hydrogen-bond acceptors (Lipinski definition) is 5. The summed E-state index contributed by atoms with van der Waals surface area (Å²) in [5.41, 5.74) is 2.46. The molecule has 2 aromatic rings. The average Bonchev–Trinajstić information content (AvgIpc) is 3.09. The molecule has 0 fully saturated rings. The van der Waals surface area contributed by atoms with Gasteiger partial charge in [-0.05, 0) is 49.3 Å². The Bertz CT molecular complexity index is 534. The molecule has 1 N–H and O–H groups in total. The normalized spacial score (nSPS) is 12.7. The van der Waals surface area contributed by atoms with Crippen LogP contribution in [0, 0.1) is 0 Å². The molecule has 0 saturated heterocycles. The largest absolute Gasteiger partial charge is 0.309 e. The zero-order chi connectivity index (χ0) is 15.1. The summed E-state index contributed by atoms with van der Waals surface area (Å²) >= 11 is 1.54. The zero-order valence-corrected chi connectivity index (χ0v) is 14.0. The lowest BCUT2D eigenvalue weighted by Crippen LogP contribution is -2.23. The Labute approximate surface area is 130 Å². The molecule has 6 heteroatoms. The summed E-state index contributed by atoms with van der Waals surface area (Å²) in [6, 6.07) is 0.353. The molecule has 0 radical (unpaired) electrons. The van der Waals surface area contributed by atoms with E-state index in [-0.39, 0.29) is 0 Å². The van der Waals surface area contributed by atoms with E-state index < -0.39 is 0 Å². The first-order valence-electron chi connectivity index (χ1n) is 7.76. The van der Waals surface area contributed by atoms with Crippen molar-refractivity contribution in [1.29, 1.82) is 0 Å². The Kier molecular flexibility index (Phi) is 6.32. The highest BCUT2D eigenvalue weighted by atomic mass is 32.1. The molecule has 0 amide bonds. The predicted octanol–water partition coefficient (Wildman–Crippen LogP) is 2.90. The third-order valence-corrected chi connectivity index (χ3v) is 4.39. The summed E-state index contributed by atoms with van der Waals surface area (Å²) in [7, 11) is 1.96. The van der Waals surface area contributed by atoms with Crippen LogP contribution in [-0.2, 0) is 19.9 Å². The molecular weight excluding hydrogens is 282 g/mol. The minimum Gasteiger partial charge on any atom is -0.309 e. The molecular formula is C15H25N5S. The van der Waals surface area contributed by atoms with Gasteiger partial charge < -0.3 is 5.32 Å². The molecule has 1 unspecified atom stereocenters. The standard InChI is InChI=1S/C15H25N5S/c1-4-6-14-15(21-19-18-14)13(16-9-5-2)8-7-12-10-17-20(3)11-12/h10-11,13,16H,4-9H2,1-3H3. The van der Waals surface area contributed by atoms with E-state index in [9.17, 15) is 0 Å². The molecule has 0 saturated carbocycles. The van der Waals surface area contributed by atoms with Crippen LogP contribution in [0.25, 0.3) is 0 Å². The number of nitrogens with one attached hydrogen (secondary N) is 1. The maximum atomic E-state index is 4.31. The topological polar surface area (TPSA) is 55.6 Å². The molecule has 116 valence electrons. The SMILES string of the molecule is CCCNC(CCc1cnn(C)c1)c1snnc1CCC. The molecule has 0 bridgehead atoms. The fourth-order valence-electron chi connectivity index (χ4n) is 2.45. The van der Waals surface area contributed by atoms with Crippen LogP contribution in [0.3, 0.4) is 0 Å². The Morgan fingerprint density at radius 1 is 1.29 bits per heavy atom. The van der Waals surface area contributed by atoms with Crippen molar-refractivity contribution < 1.29 is 0 Å². The van der Waals surface area contributed by atoms with Crippen LogP contribution in [0.5, 0.6) is 0 Å². The van der Waals surface area contributed by atoms with Gasteiger partial charge in [-0.25, -0.2) is 0 Å². The van der Waals surface area contributed by atoms with Crippen LogP contribution in [0.4, 0.5) is 0 Å². The average molecular weight is 307 g/mol. The lowest BCUT2D eigenvalue weighted by molar-refractivity contribution is 0.501. The third-order valence-electron chi connectivity index (χ3n) is 3.51. The number of aryl methyl sites for hydroxylation is 3. The Morgan fingerprint density at radius 3 is 2.81 bits per heavy atom. The Balaban J connectivity index is 2.04. The van der Waals surface area contributed by atoms with E-state index >= 15 is 0 Å². The van der Waals surface area contributed by atoms with Crippen molar-refractivity contribution in [2.45, 2.75) is 52.0 Å². The van der Waals surface area contributed by atoms with Gasteiger partial charge >= 0.3 is 0 Å². The third kappa shape index (κ3) is 4.61. The number of hydrogen-bond donors (Lipinski definition) is 1. The van der Waals surface area contributed by atoms with Gasteiger partial charge in [-0.3, -0.25) is 4.68 Å². The van der Waals surface area contributed by atoms with Crippen LogP contribution in [0.1, 0.15) is 55.3 Å². The van der Waals surface area contributed by atoms with E-state index in [1.54, 1.807) is 11.5 Å². The fourth-order valence-corrected chi connectivity index (χ4v) is 3.25. The van der Waals surface area contributed by atoms with E-state index in [0.29, 0.717) is 6.04 Å². The van der Waals surface area contributed by atoms with Gasteiger partial charge in [-0.2, -0.15) is 5.10 Å². The molecule has 0 spiro atoms. The van der Waals surface area contributed by atoms with Crippen molar-refractivity contribution >= 4 is 11.5 Å². The van der Waals surface area contributed by atoms with E-state index in [0.717, 1.165) is 38.6 Å². The van der Waals surface area contributed by atoms with Gasteiger partial charge in [-0.1, -0.05) is 24.8 Å². The van der Waals surface area contributed by atoms with E-state index in [1.165, 1.54) is 16.1 Å². The van der Waals surface area contributed by atoms with Gasteiger partial charge in [0.05, 0.1) is 16.8 Å². The second-order valence-corrected chi connectivity index (χ2v) is 6.19. The molecule has 21 heavy (non-hydrogen) atoms. The van der Waals surface area contributed by atoms with Crippen molar-refractivity contribution in [1.82, 2.24) is 24.7 Å². The highest BCUT2D eigenvalue weighted by Gasteiger charge is 2.18. The summed E-state index contributed by atoms with van der Waals surface area (Å²) in [6.07, 6.45) is 9.40. The minimum absolute atomic E-state index is 0.353. The Hall–Kier alpha value is -1.27. The molecule has 2 heterocycles. The van der Waals surface area contributed by atoms with Gasteiger partial charge in [0.25, 0.3) is 0 Å². The van der Waals surface area contributed by atoms with Gasteiger partial charge in [0.15, 0.2) is 0 Å². The maximum absolute atomic E-state index is 4.31. The van der Waals surface area contributed by atoms with Gasteiger partial charge in [-0.15, -0.1) is 5.10 Å². The monoisotopic (exact) mass is 307 g/mol. The summed E-state index contributed by atoms with van der Waals surface area (Å²) in [5, 5.41) is 12.2. The van der Waals surface area contributed by atoms with Crippen molar-refractivity contribution in [3.05, 3.63) is 28.5 Å². The minimum atomic E-state index is 0.353. The van der Waals surface area contributed by atoms with Crippen molar-refractivity contribution in [2.75, 3.05) is 6.54 Å². The second kappa shape index (κ2) is 8.24. The van der Waals surface area contributed by atoms with Gasteiger partial charge in [0, 0.05) is 19.3 Å². The smallest absolute Gasteiger partial charge is 0.0803 e. The maximum Gasteiger partial charge on any atom is 0.0803 e. The first-order chi connectivity index (χ1) is 10.2. The van der Waals surface area contributed by atoms with Crippen molar-refractivity contribution in [2.24, 2.45) is 7.05 Å². The highest BCUT2D eigenvalue weighted by molar-refractivity contribution is 7.05. The molecule has 0 aliphatic rings. The number of nitrogens with zero attached hydrogens (tertiary/aromatic N) is 4. The quantitative estimate of drug-likeness (QED) is 0.774. The molecule has 2 rings (SSSR count).